The molecule has 0 N–H and O–H groups in total. The summed E-state index contributed by atoms with van der Waals surface area (Å²) in [6.07, 6.45) is 2.53. The molecule has 0 radical (unpaired) electrons. The minimum absolute atomic E-state index is 0.00685. The van der Waals surface area contributed by atoms with E-state index in [1.807, 2.05) is 50.4 Å². The Bertz CT molecular complexity index is 753. The fraction of sp³-hybridized carbons (Fsp3) is 0.333. The molecule has 0 aliphatic rings. The van der Waals surface area contributed by atoms with Crippen LogP contribution in [0.15, 0.2) is 47.4 Å². The van der Waals surface area contributed by atoms with E-state index in [4.69, 9.17) is 0 Å². The summed E-state index contributed by atoms with van der Waals surface area (Å²) < 4.78 is 0. The van der Waals surface area contributed by atoms with Gasteiger partial charge in [0, 0.05) is 36.9 Å². The van der Waals surface area contributed by atoms with E-state index in [2.05, 4.69) is 12.1 Å². The Morgan fingerprint density at radius 2 is 1.68 bits per heavy atom. The second kappa shape index (κ2) is 8.86. The molecular formula is C21H25NO2S. The number of Topliss-reactive ketones (excluding diaryl/α,β-unsaturated/α-hetero) is 1. The first kappa shape index (κ1) is 19.3. The average molecular weight is 356 g/mol. The SMILES string of the molecule is CSc1ccc(CN(C)C(=O)CCC(=O)c2cc(C)ccc2C)cc1. The summed E-state index contributed by atoms with van der Waals surface area (Å²) >= 11 is 1.70. The number of nitrogens with zero attached hydrogens (tertiary/aromatic N) is 1. The molecule has 2 aromatic carbocycles. The Balaban J connectivity index is 1.90. The van der Waals surface area contributed by atoms with Crippen molar-refractivity contribution in [2.45, 2.75) is 38.1 Å². The van der Waals surface area contributed by atoms with Crippen LogP contribution in [0.1, 0.15) is 39.9 Å². The van der Waals surface area contributed by atoms with Crippen LogP contribution in [-0.2, 0) is 11.3 Å². The van der Waals surface area contributed by atoms with Gasteiger partial charge in [-0.2, -0.15) is 0 Å². The van der Waals surface area contributed by atoms with Gasteiger partial charge >= 0.3 is 0 Å². The monoisotopic (exact) mass is 355 g/mol. The van der Waals surface area contributed by atoms with Crippen molar-refractivity contribution in [1.82, 2.24) is 4.90 Å². The summed E-state index contributed by atoms with van der Waals surface area (Å²) in [6, 6.07) is 14.0. The number of amides is 1. The third-order valence-corrected chi connectivity index (χ3v) is 5.01. The molecule has 0 spiro atoms. The Morgan fingerprint density at radius 3 is 2.32 bits per heavy atom. The maximum absolute atomic E-state index is 12.4. The summed E-state index contributed by atoms with van der Waals surface area (Å²) in [5.41, 5.74) is 3.84. The highest BCUT2D eigenvalue weighted by Crippen LogP contribution is 2.17. The summed E-state index contributed by atoms with van der Waals surface area (Å²) in [7, 11) is 1.78. The third-order valence-electron chi connectivity index (χ3n) is 4.26. The molecule has 0 aromatic heterocycles. The molecule has 132 valence electrons. The first-order valence-electron chi connectivity index (χ1n) is 8.38. The van der Waals surface area contributed by atoms with Crippen molar-refractivity contribution >= 4 is 23.5 Å². The molecule has 1 amide bonds. The highest BCUT2D eigenvalue weighted by Gasteiger charge is 2.14. The van der Waals surface area contributed by atoms with E-state index < -0.39 is 0 Å². The van der Waals surface area contributed by atoms with E-state index in [0.29, 0.717) is 6.54 Å². The number of ketones is 1. The second-order valence-electron chi connectivity index (χ2n) is 6.34. The lowest BCUT2D eigenvalue weighted by Crippen LogP contribution is -2.26. The van der Waals surface area contributed by atoms with Gasteiger partial charge in [-0.05, 0) is 49.4 Å². The number of carbonyl (C=O) groups excluding carboxylic acids is 2. The van der Waals surface area contributed by atoms with Crippen LogP contribution in [-0.4, -0.2) is 29.9 Å². The average Bonchev–Trinajstić information content (AvgIpc) is 2.62. The fourth-order valence-corrected chi connectivity index (χ4v) is 3.08. The van der Waals surface area contributed by atoms with E-state index in [0.717, 1.165) is 22.3 Å². The molecule has 0 fully saturated rings. The molecule has 0 atom stereocenters. The lowest BCUT2D eigenvalue weighted by Gasteiger charge is -2.17. The van der Waals surface area contributed by atoms with Gasteiger partial charge in [0.1, 0.15) is 0 Å². The van der Waals surface area contributed by atoms with Crippen molar-refractivity contribution in [3.63, 3.8) is 0 Å². The van der Waals surface area contributed by atoms with Crippen molar-refractivity contribution in [3.8, 4) is 0 Å². The molecule has 0 unspecified atom stereocenters. The summed E-state index contributed by atoms with van der Waals surface area (Å²) in [4.78, 5) is 27.6. The van der Waals surface area contributed by atoms with Crippen molar-refractivity contribution < 1.29 is 9.59 Å². The lowest BCUT2D eigenvalue weighted by molar-refractivity contribution is -0.130. The number of rotatable bonds is 7. The van der Waals surface area contributed by atoms with Crippen molar-refractivity contribution in [2.24, 2.45) is 0 Å². The van der Waals surface area contributed by atoms with Gasteiger partial charge in [-0.15, -0.1) is 11.8 Å². The smallest absolute Gasteiger partial charge is 0.223 e. The van der Waals surface area contributed by atoms with Crippen LogP contribution in [0, 0.1) is 13.8 Å². The van der Waals surface area contributed by atoms with Gasteiger partial charge in [0.05, 0.1) is 0 Å². The molecule has 2 aromatic rings. The number of hydrogen-bond acceptors (Lipinski definition) is 3. The predicted octanol–water partition coefficient (Wildman–Crippen LogP) is 4.65. The van der Waals surface area contributed by atoms with E-state index in [1.165, 1.54) is 4.90 Å². The van der Waals surface area contributed by atoms with Crippen LogP contribution in [0.2, 0.25) is 0 Å². The molecule has 3 nitrogen and oxygen atoms in total. The summed E-state index contributed by atoms with van der Waals surface area (Å²) in [5, 5.41) is 0. The maximum atomic E-state index is 12.4. The van der Waals surface area contributed by atoms with Crippen LogP contribution in [0.5, 0.6) is 0 Å². The highest BCUT2D eigenvalue weighted by atomic mass is 32.2. The Kier molecular flexibility index (Phi) is 6.82. The minimum atomic E-state index is -0.00685. The number of hydrogen-bond donors (Lipinski definition) is 0. The van der Waals surface area contributed by atoms with E-state index in [9.17, 15) is 9.59 Å². The van der Waals surface area contributed by atoms with E-state index >= 15 is 0 Å². The zero-order valence-corrected chi connectivity index (χ0v) is 16.2. The molecule has 0 saturated heterocycles. The Morgan fingerprint density at radius 1 is 1.00 bits per heavy atom. The van der Waals surface area contributed by atoms with Crippen LogP contribution in [0.3, 0.4) is 0 Å². The summed E-state index contributed by atoms with van der Waals surface area (Å²) in [6.45, 7) is 4.46. The Hall–Kier alpha value is -2.07. The molecular weight excluding hydrogens is 330 g/mol. The largest absolute Gasteiger partial charge is 0.341 e. The van der Waals surface area contributed by atoms with Crippen molar-refractivity contribution in [1.29, 1.82) is 0 Å². The first-order chi connectivity index (χ1) is 11.9. The predicted molar refractivity (Wildman–Crippen MR) is 104 cm³/mol. The third kappa shape index (κ3) is 5.46. The fourth-order valence-electron chi connectivity index (χ4n) is 2.68. The van der Waals surface area contributed by atoms with Gasteiger partial charge in [-0.25, -0.2) is 0 Å². The first-order valence-corrected chi connectivity index (χ1v) is 9.60. The molecule has 0 aliphatic carbocycles. The highest BCUT2D eigenvalue weighted by molar-refractivity contribution is 7.98. The minimum Gasteiger partial charge on any atom is -0.341 e. The number of carbonyl (C=O) groups is 2. The van der Waals surface area contributed by atoms with Gasteiger partial charge in [-0.3, -0.25) is 9.59 Å². The van der Waals surface area contributed by atoms with Gasteiger partial charge in [0.25, 0.3) is 0 Å². The molecule has 0 saturated carbocycles. The van der Waals surface area contributed by atoms with Crippen LogP contribution < -0.4 is 0 Å². The van der Waals surface area contributed by atoms with Gasteiger partial charge in [0.15, 0.2) is 5.78 Å². The zero-order valence-electron chi connectivity index (χ0n) is 15.3. The lowest BCUT2D eigenvalue weighted by atomic mass is 9.99. The van der Waals surface area contributed by atoms with Crippen molar-refractivity contribution in [2.75, 3.05) is 13.3 Å². The standard InChI is InChI=1S/C21H25NO2S/c1-15-5-6-16(2)19(13-15)20(23)11-12-21(24)22(3)14-17-7-9-18(25-4)10-8-17/h5-10,13H,11-12,14H2,1-4H3. The number of thioether (sulfide) groups is 1. The maximum Gasteiger partial charge on any atom is 0.223 e. The van der Waals surface area contributed by atoms with Gasteiger partial charge < -0.3 is 4.90 Å². The summed E-state index contributed by atoms with van der Waals surface area (Å²) in [5.74, 6) is 0.0277. The Labute approximate surface area is 154 Å². The van der Waals surface area contributed by atoms with E-state index in [-0.39, 0.29) is 24.5 Å². The van der Waals surface area contributed by atoms with Gasteiger partial charge in [-0.1, -0.05) is 29.8 Å². The quantitative estimate of drug-likeness (QED) is 0.536. The second-order valence-corrected chi connectivity index (χ2v) is 7.22. The van der Waals surface area contributed by atoms with Crippen LogP contribution in [0.25, 0.3) is 0 Å². The topological polar surface area (TPSA) is 37.4 Å². The molecule has 0 aliphatic heterocycles. The van der Waals surface area contributed by atoms with Gasteiger partial charge in [0.2, 0.25) is 5.91 Å². The molecule has 25 heavy (non-hydrogen) atoms. The van der Waals surface area contributed by atoms with Crippen LogP contribution in [0.4, 0.5) is 0 Å². The normalized spacial score (nSPS) is 10.6. The molecule has 0 heterocycles. The molecule has 4 heteroatoms. The zero-order chi connectivity index (χ0) is 18.4. The number of benzene rings is 2. The van der Waals surface area contributed by atoms with Crippen molar-refractivity contribution in [3.05, 3.63) is 64.7 Å². The molecule has 2 rings (SSSR count). The van der Waals surface area contributed by atoms with E-state index in [1.54, 1.807) is 23.7 Å². The van der Waals surface area contributed by atoms with Crippen LogP contribution >= 0.6 is 11.8 Å². The number of aryl methyl sites for hydroxylation is 2. The molecule has 0 bridgehead atoms.